The van der Waals surface area contributed by atoms with Crippen molar-refractivity contribution in [2.24, 2.45) is 5.41 Å². The van der Waals surface area contributed by atoms with Crippen LogP contribution < -0.4 is 0 Å². The van der Waals surface area contributed by atoms with Crippen molar-refractivity contribution in [1.82, 2.24) is 0 Å². The molecule has 0 aliphatic heterocycles. The van der Waals surface area contributed by atoms with E-state index in [1.807, 2.05) is 0 Å². The first-order chi connectivity index (χ1) is 13.2. The molecule has 5 nitrogen and oxygen atoms in total. The molecule has 0 N–H and O–H groups in total. The molecule has 8 heteroatoms. The standard InChI is InChI=1S/C22H46O5SSi2/c1-20(2,3)29(8,9)26-18-13-12-14-22(18)16-17(25-28(7,23)24)15-19(22)27-30(10,11)21(4,5)6/h17-19H,12-16H2,1-11H3/t17-,18+,19+,22+/m1/s1. The average Bonchev–Trinajstić information content (AvgIpc) is 2.99. The quantitative estimate of drug-likeness (QED) is 0.342. The molecular weight excluding hydrogens is 432 g/mol. The van der Waals surface area contributed by atoms with Crippen LogP contribution in [0.3, 0.4) is 0 Å². The van der Waals surface area contributed by atoms with Gasteiger partial charge < -0.3 is 8.85 Å². The Bertz CT molecular complexity index is 721. The molecule has 4 atom stereocenters. The van der Waals surface area contributed by atoms with Crippen molar-refractivity contribution >= 4 is 26.8 Å². The van der Waals surface area contributed by atoms with Gasteiger partial charge in [0, 0.05) is 11.8 Å². The van der Waals surface area contributed by atoms with Crippen LogP contribution in [0.2, 0.25) is 36.3 Å². The highest BCUT2D eigenvalue weighted by Crippen LogP contribution is 2.57. The molecule has 2 rings (SSSR count). The summed E-state index contributed by atoms with van der Waals surface area (Å²) in [6.45, 7) is 22.8. The largest absolute Gasteiger partial charge is 0.413 e. The van der Waals surface area contributed by atoms with Gasteiger partial charge in [-0.15, -0.1) is 0 Å². The highest BCUT2D eigenvalue weighted by molar-refractivity contribution is 7.86. The molecule has 0 amide bonds. The Kier molecular flexibility index (Phi) is 7.28. The third kappa shape index (κ3) is 5.60. The Morgan fingerprint density at radius 1 is 0.867 bits per heavy atom. The maximum Gasteiger partial charge on any atom is 0.264 e. The monoisotopic (exact) mass is 478 g/mol. The van der Waals surface area contributed by atoms with Crippen LogP contribution in [0, 0.1) is 5.41 Å². The zero-order chi connectivity index (χ0) is 23.4. The van der Waals surface area contributed by atoms with Crippen LogP contribution in [-0.4, -0.2) is 49.6 Å². The molecule has 2 fully saturated rings. The first kappa shape index (κ1) is 26.5. The molecule has 0 aromatic heterocycles. The summed E-state index contributed by atoms with van der Waals surface area (Å²) in [7, 11) is -7.49. The molecular formula is C22H46O5SSi2. The van der Waals surface area contributed by atoms with Gasteiger partial charge >= 0.3 is 0 Å². The van der Waals surface area contributed by atoms with Gasteiger partial charge in [-0.05, 0) is 55.5 Å². The van der Waals surface area contributed by atoms with Crippen LogP contribution in [0.1, 0.15) is 73.6 Å². The van der Waals surface area contributed by atoms with E-state index in [0.717, 1.165) is 25.5 Å². The zero-order valence-electron chi connectivity index (χ0n) is 21.2. The summed E-state index contributed by atoms with van der Waals surface area (Å²) in [4.78, 5) is 0. The van der Waals surface area contributed by atoms with Crippen molar-refractivity contribution < 1.29 is 21.5 Å². The molecule has 0 aromatic rings. The van der Waals surface area contributed by atoms with Crippen LogP contribution in [-0.2, 0) is 23.2 Å². The maximum absolute atomic E-state index is 11.9. The van der Waals surface area contributed by atoms with E-state index in [1.165, 1.54) is 0 Å². The molecule has 1 spiro atoms. The van der Waals surface area contributed by atoms with Crippen molar-refractivity contribution in [3.8, 4) is 0 Å². The topological polar surface area (TPSA) is 61.8 Å². The Labute approximate surface area is 188 Å². The van der Waals surface area contributed by atoms with Gasteiger partial charge in [0.15, 0.2) is 16.6 Å². The van der Waals surface area contributed by atoms with Gasteiger partial charge in [0.2, 0.25) is 0 Å². The van der Waals surface area contributed by atoms with E-state index in [1.54, 1.807) is 0 Å². The zero-order valence-corrected chi connectivity index (χ0v) is 24.0. The summed E-state index contributed by atoms with van der Waals surface area (Å²) < 4.78 is 43.3. The van der Waals surface area contributed by atoms with E-state index in [9.17, 15) is 8.42 Å². The normalized spacial score (nSPS) is 31.6. The van der Waals surface area contributed by atoms with Gasteiger partial charge in [-0.25, -0.2) is 0 Å². The first-order valence-electron chi connectivity index (χ1n) is 11.4. The minimum Gasteiger partial charge on any atom is -0.413 e. The number of hydrogen-bond donors (Lipinski definition) is 0. The van der Waals surface area contributed by atoms with Gasteiger partial charge in [0.05, 0.1) is 24.6 Å². The SMILES string of the molecule is CC(C)(C)[Si](C)(C)O[C@H]1CCC[C@]12C[C@H](OS(C)(=O)=O)C[C@@H]2O[Si](C)(C)C(C)(C)C. The highest BCUT2D eigenvalue weighted by atomic mass is 32.2. The van der Waals surface area contributed by atoms with Gasteiger partial charge in [0.25, 0.3) is 10.1 Å². The molecule has 2 saturated carbocycles. The molecule has 30 heavy (non-hydrogen) atoms. The maximum atomic E-state index is 11.9. The average molecular weight is 479 g/mol. The first-order valence-corrected chi connectivity index (χ1v) is 19.1. The van der Waals surface area contributed by atoms with E-state index in [4.69, 9.17) is 13.0 Å². The van der Waals surface area contributed by atoms with Crippen molar-refractivity contribution in [1.29, 1.82) is 0 Å². The third-order valence-electron chi connectivity index (χ3n) is 8.27. The van der Waals surface area contributed by atoms with E-state index in [-0.39, 0.29) is 33.8 Å². The summed E-state index contributed by atoms with van der Waals surface area (Å²) in [5, 5.41) is 0.228. The van der Waals surface area contributed by atoms with Crippen LogP contribution in [0.4, 0.5) is 0 Å². The van der Waals surface area contributed by atoms with Crippen LogP contribution in [0.25, 0.3) is 0 Å². The van der Waals surface area contributed by atoms with Crippen molar-refractivity contribution in [2.75, 3.05) is 6.26 Å². The molecule has 0 bridgehead atoms. The number of hydrogen-bond acceptors (Lipinski definition) is 5. The summed E-state index contributed by atoms with van der Waals surface area (Å²) in [6, 6.07) is 0. The molecule has 0 aromatic carbocycles. The fraction of sp³-hybridized carbons (Fsp3) is 1.00. The van der Waals surface area contributed by atoms with Gasteiger partial charge in [-0.1, -0.05) is 48.0 Å². The van der Waals surface area contributed by atoms with Gasteiger partial charge in [-0.3, -0.25) is 4.18 Å². The molecule has 0 saturated heterocycles. The lowest BCUT2D eigenvalue weighted by Gasteiger charge is -2.47. The van der Waals surface area contributed by atoms with Gasteiger partial charge in [0.1, 0.15) is 0 Å². The van der Waals surface area contributed by atoms with Crippen molar-refractivity contribution in [2.45, 2.75) is 128 Å². The molecule has 178 valence electrons. The second kappa shape index (κ2) is 8.24. The van der Waals surface area contributed by atoms with Crippen LogP contribution in [0.15, 0.2) is 0 Å². The Balaban J connectivity index is 2.39. The molecule has 0 heterocycles. The van der Waals surface area contributed by atoms with Crippen LogP contribution >= 0.6 is 0 Å². The lowest BCUT2D eigenvalue weighted by atomic mass is 9.80. The fourth-order valence-corrected chi connectivity index (χ4v) is 7.96. The van der Waals surface area contributed by atoms with E-state index in [2.05, 4.69) is 67.7 Å². The molecule has 2 aliphatic rings. The summed E-state index contributed by atoms with van der Waals surface area (Å²) >= 11 is 0. The van der Waals surface area contributed by atoms with Gasteiger partial charge in [-0.2, -0.15) is 8.42 Å². The molecule has 0 radical (unpaired) electrons. The summed E-state index contributed by atoms with van der Waals surface area (Å²) in [6.07, 6.45) is 5.42. The smallest absolute Gasteiger partial charge is 0.264 e. The Morgan fingerprint density at radius 2 is 1.33 bits per heavy atom. The number of rotatable bonds is 6. The summed E-state index contributed by atoms with van der Waals surface area (Å²) in [5.74, 6) is 0. The Morgan fingerprint density at radius 3 is 1.77 bits per heavy atom. The predicted molar refractivity (Wildman–Crippen MR) is 129 cm³/mol. The predicted octanol–water partition coefficient (Wildman–Crippen LogP) is 6.08. The Hall–Kier alpha value is 0.264. The van der Waals surface area contributed by atoms with Crippen LogP contribution in [0.5, 0.6) is 0 Å². The second-order valence-electron chi connectivity index (χ2n) is 12.7. The third-order valence-corrected chi connectivity index (χ3v) is 17.9. The highest BCUT2D eigenvalue weighted by Gasteiger charge is 2.59. The molecule has 2 aliphatic carbocycles. The van der Waals surface area contributed by atoms with E-state index >= 15 is 0 Å². The fourth-order valence-electron chi connectivity index (χ4n) is 4.51. The minimum absolute atomic E-state index is 0.0117. The molecule has 0 unspecified atom stereocenters. The summed E-state index contributed by atoms with van der Waals surface area (Å²) in [5.41, 5.74) is -0.152. The van der Waals surface area contributed by atoms with Crippen molar-refractivity contribution in [3.63, 3.8) is 0 Å². The van der Waals surface area contributed by atoms with Crippen molar-refractivity contribution in [3.05, 3.63) is 0 Å². The van der Waals surface area contributed by atoms with E-state index < -0.39 is 26.8 Å². The minimum atomic E-state index is -3.50. The van der Waals surface area contributed by atoms with E-state index in [0.29, 0.717) is 12.8 Å². The second-order valence-corrected chi connectivity index (χ2v) is 23.8. The lowest BCUT2D eigenvalue weighted by Crippen LogP contribution is -2.53. The lowest BCUT2D eigenvalue weighted by molar-refractivity contribution is -0.0180.